The molecule has 1 atom stereocenters. The van der Waals surface area contributed by atoms with Crippen molar-refractivity contribution in [3.05, 3.63) is 35.9 Å². The zero-order valence-corrected chi connectivity index (χ0v) is 17.5. The van der Waals surface area contributed by atoms with Crippen LogP contribution in [0.2, 0.25) is 0 Å². The molecule has 1 aromatic carbocycles. The molecule has 2 aliphatic rings. The number of halogens is 1. The van der Waals surface area contributed by atoms with E-state index in [9.17, 15) is 0 Å². The van der Waals surface area contributed by atoms with Gasteiger partial charge in [0.2, 0.25) is 0 Å². The summed E-state index contributed by atoms with van der Waals surface area (Å²) >= 11 is 0. The van der Waals surface area contributed by atoms with Crippen molar-refractivity contribution in [1.29, 1.82) is 0 Å². The second-order valence-electron chi connectivity index (χ2n) is 7.40. The first kappa shape index (κ1) is 20.5. The summed E-state index contributed by atoms with van der Waals surface area (Å²) in [5.74, 6) is 1.32. The molecule has 1 heterocycles. The molecule has 1 saturated carbocycles. The highest BCUT2D eigenvalue weighted by atomic mass is 127. The van der Waals surface area contributed by atoms with Gasteiger partial charge in [0.25, 0.3) is 0 Å². The lowest BCUT2D eigenvalue weighted by atomic mass is 9.96. The Morgan fingerprint density at radius 2 is 1.88 bits per heavy atom. The number of hydrogen-bond donors (Lipinski definition) is 2. The molecule has 1 unspecified atom stereocenters. The fraction of sp³-hybridized carbons (Fsp3) is 0.650. The molecular formula is C20H33IN4. The molecule has 0 radical (unpaired) electrons. The van der Waals surface area contributed by atoms with E-state index in [1.807, 2.05) is 0 Å². The summed E-state index contributed by atoms with van der Waals surface area (Å²) in [4.78, 5) is 7.18. The summed E-state index contributed by atoms with van der Waals surface area (Å²) in [6.07, 6.45) is 8.89. The second-order valence-corrected chi connectivity index (χ2v) is 7.40. The average molecular weight is 456 g/mol. The minimum atomic E-state index is 0. The lowest BCUT2D eigenvalue weighted by molar-refractivity contribution is 0.329. The molecule has 3 N–H and O–H groups in total. The molecule has 1 aliphatic carbocycles. The van der Waals surface area contributed by atoms with Crippen LogP contribution in [-0.2, 0) is 6.42 Å². The van der Waals surface area contributed by atoms with Crippen LogP contribution in [0.5, 0.6) is 0 Å². The largest absolute Gasteiger partial charge is 0.370 e. The van der Waals surface area contributed by atoms with E-state index in [0.717, 1.165) is 26.1 Å². The summed E-state index contributed by atoms with van der Waals surface area (Å²) in [5.41, 5.74) is 7.51. The number of aliphatic imine (C=N–C) groups is 1. The van der Waals surface area contributed by atoms with Gasteiger partial charge in [-0.25, -0.2) is 0 Å². The molecule has 1 saturated heterocycles. The number of benzene rings is 1. The minimum absolute atomic E-state index is 0. The van der Waals surface area contributed by atoms with Gasteiger partial charge in [-0.05, 0) is 43.7 Å². The van der Waals surface area contributed by atoms with E-state index in [1.165, 1.54) is 50.6 Å². The molecule has 1 aliphatic heterocycles. The Morgan fingerprint density at radius 3 is 2.64 bits per heavy atom. The van der Waals surface area contributed by atoms with Crippen LogP contribution >= 0.6 is 24.0 Å². The van der Waals surface area contributed by atoms with Gasteiger partial charge in [-0.1, -0.05) is 49.6 Å². The summed E-state index contributed by atoms with van der Waals surface area (Å²) < 4.78 is 0. The zero-order chi connectivity index (χ0) is 16.6. The highest BCUT2D eigenvalue weighted by Crippen LogP contribution is 2.18. The molecule has 0 amide bonds. The minimum Gasteiger partial charge on any atom is -0.370 e. The summed E-state index contributed by atoms with van der Waals surface area (Å²) in [6, 6.07) is 11.3. The summed E-state index contributed by atoms with van der Waals surface area (Å²) in [5, 5.41) is 3.41. The monoisotopic (exact) mass is 456 g/mol. The fourth-order valence-electron chi connectivity index (χ4n) is 3.93. The van der Waals surface area contributed by atoms with Crippen molar-refractivity contribution in [3.8, 4) is 0 Å². The predicted molar refractivity (Wildman–Crippen MR) is 117 cm³/mol. The molecule has 2 fully saturated rings. The molecule has 25 heavy (non-hydrogen) atoms. The maximum absolute atomic E-state index is 6.08. The molecular weight excluding hydrogens is 423 g/mol. The van der Waals surface area contributed by atoms with E-state index in [2.05, 4.69) is 45.5 Å². The SMILES string of the molecule is I.NC(=NCC1CCN(CCc2ccccc2)C1)NC1CCCCC1. The molecule has 0 aromatic heterocycles. The van der Waals surface area contributed by atoms with Crippen molar-refractivity contribution >= 4 is 29.9 Å². The quantitative estimate of drug-likeness (QED) is 0.392. The number of guanidine groups is 1. The van der Waals surface area contributed by atoms with Gasteiger partial charge in [0, 0.05) is 25.7 Å². The molecule has 4 nitrogen and oxygen atoms in total. The number of likely N-dealkylation sites (tertiary alicyclic amines) is 1. The van der Waals surface area contributed by atoms with Crippen LogP contribution in [0.15, 0.2) is 35.3 Å². The molecule has 140 valence electrons. The van der Waals surface area contributed by atoms with Gasteiger partial charge in [0.1, 0.15) is 0 Å². The normalized spacial score (nSPS) is 22.6. The Hall–Kier alpha value is -0.820. The van der Waals surface area contributed by atoms with Gasteiger partial charge in [0.05, 0.1) is 0 Å². The van der Waals surface area contributed by atoms with Crippen LogP contribution < -0.4 is 11.1 Å². The van der Waals surface area contributed by atoms with Crippen LogP contribution in [0.4, 0.5) is 0 Å². The van der Waals surface area contributed by atoms with Gasteiger partial charge < -0.3 is 16.0 Å². The number of hydrogen-bond acceptors (Lipinski definition) is 2. The first-order chi connectivity index (χ1) is 11.8. The van der Waals surface area contributed by atoms with Gasteiger partial charge in [-0.2, -0.15) is 0 Å². The zero-order valence-electron chi connectivity index (χ0n) is 15.2. The Morgan fingerprint density at radius 1 is 1.12 bits per heavy atom. The number of nitrogens with one attached hydrogen (secondary N) is 1. The van der Waals surface area contributed by atoms with Crippen LogP contribution in [0.1, 0.15) is 44.1 Å². The fourth-order valence-corrected chi connectivity index (χ4v) is 3.93. The first-order valence-electron chi connectivity index (χ1n) is 9.62. The van der Waals surface area contributed by atoms with Crippen LogP contribution in [0.25, 0.3) is 0 Å². The third-order valence-corrected chi connectivity index (χ3v) is 5.41. The van der Waals surface area contributed by atoms with Crippen molar-refractivity contribution in [2.24, 2.45) is 16.6 Å². The van der Waals surface area contributed by atoms with Gasteiger partial charge in [-0.15, -0.1) is 24.0 Å². The summed E-state index contributed by atoms with van der Waals surface area (Å²) in [7, 11) is 0. The van der Waals surface area contributed by atoms with E-state index >= 15 is 0 Å². The lowest BCUT2D eigenvalue weighted by Crippen LogP contribution is -2.41. The molecule has 0 bridgehead atoms. The molecule has 5 heteroatoms. The van der Waals surface area contributed by atoms with Crippen molar-refractivity contribution in [1.82, 2.24) is 10.2 Å². The third-order valence-electron chi connectivity index (χ3n) is 5.41. The Kier molecular flexibility index (Phi) is 9.03. The highest BCUT2D eigenvalue weighted by molar-refractivity contribution is 14.0. The third kappa shape index (κ3) is 7.13. The number of nitrogens with two attached hydrogens (primary N) is 1. The Bertz CT molecular complexity index is 514. The first-order valence-corrected chi connectivity index (χ1v) is 9.62. The lowest BCUT2D eigenvalue weighted by Gasteiger charge is -2.23. The van der Waals surface area contributed by atoms with Gasteiger partial charge >= 0.3 is 0 Å². The Balaban J connectivity index is 0.00000225. The van der Waals surface area contributed by atoms with E-state index in [-0.39, 0.29) is 24.0 Å². The topological polar surface area (TPSA) is 53.6 Å². The number of nitrogens with zero attached hydrogens (tertiary/aromatic N) is 2. The second kappa shape index (κ2) is 11.0. The average Bonchev–Trinajstić information content (AvgIpc) is 3.08. The molecule has 0 spiro atoms. The summed E-state index contributed by atoms with van der Waals surface area (Å²) in [6.45, 7) is 4.38. The van der Waals surface area contributed by atoms with E-state index in [1.54, 1.807) is 0 Å². The maximum Gasteiger partial charge on any atom is 0.188 e. The van der Waals surface area contributed by atoms with Crippen molar-refractivity contribution in [2.75, 3.05) is 26.2 Å². The Labute approximate surface area is 169 Å². The van der Waals surface area contributed by atoms with Crippen LogP contribution in [0, 0.1) is 5.92 Å². The standard InChI is InChI=1S/C20H32N4.HI/c21-20(23-19-9-5-2-6-10-19)22-15-18-12-14-24(16-18)13-11-17-7-3-1-4-8-17;/h1,3-4,7-8,18-19H,2,5-6,9-16H2,(H3,21,22,23);1H. The van der Waals surface area contributed by atoms with Gasteiger partial charge in [-0.3, -0.25) is 4.99 Å². The van der Waals surface area contributed by atoms with Crippen molar-refractivity contribution < 1.29 is 0 Å². The van der Waals surface area contributed by atoms with Gasteiger partial charge in [0.15, 0.2) is 5.96 Å². The van der Waals surface area contributed by atoms with Crippen molar-refractivity contribution in [3.63, 3.8) is 0 Å². The predicted octanol–water partition coefficient (Wildman–Crippen LogP) is 3.41. The smallest absolute Gasteiger partial charge is 0.188 e. The highest BCUT2D eigenvalue weighted by Gasteiger charge is 2.22. The number of rotatable bonds is 6. The van der Waals surface area contributed by atoms with E-state index in [4.69, 9.17) is 5.73 Å². The van der Waals surface area contributed by atoms with Crippen LogP contribution in [-0.4, -0.2) is 43.1 Å². The van der Waals surface area contributed by atoms with Crippen molar-refractivity contribution in [2.45, 2.75) is 51.0 Å². The molecule has 1 aromatic rings. The molecule has 3 rings (SSSR count). The van der Waals surface area contributed by atoms with Crippen LogP contribution in [0.3, 0.4) is 0 Å². The maximum atomic E-state index is 6.08. The van der Waals surface area contributed by atoms with E-state index < -0.39 is 0 Å². The van der Waals surface area contributed by atoms with E-state index in [0.29, 0.717) is 17.9 Å².